The second-order valence-electron chi connectivity index (χ2n) is 8.96. The molecule has 0 saturated heterocycles. The molecule has 2 aromatic carbocycles. The van der Waals surface area contributed by atoms with Crippen LogP contribution in [0.2, 0.25) is 0 Å². The fourth-order valence-corrected chi connectivity index (χ4v) is 4.15. The zero-order valence-electron chi connectivity index (χ0n) is 23.0. The van der Waals surface area contributed by atoms with E-state index < -0.39 is 0 Å². The van der Waals surface area contributed by atoms with Crippen LogP contribution in [0.5, 0.6) is 11.5 Å². The molecule has 0 bridgehead atoms. The number of imidazole rings is 2. The van der Waals surface area contributed by atoms with Gasteiger partial charge in [0.05, 0.1) is 46.2 Å². The van der Waals surface area contributed by atoms with E-state index >= 15 is 0 Å². The molecule has 9 nitrogen and oxygen atoms in total. The fourth-order valence-electron chi connectivity index (χ4n) is 4.15. The quantitative estimate of drug-likeness (QED) is 0.149. The number of hydrogen-bond acceptors (Lipinski definition) is 5. The van der Waals surface area contributed by atoms with Crippen LogP contribution in [0.3, 0.4) is 0 Å². The number of benzene rings is 2. The Morgan fingerprint density at radius 1 is 0.842 bits per heavy atom. The van der Waals surface area contributed by atoms with Crippen molar-refractivity contribution < 1.29 is 23.3 Å². The maximum atomic E-state index is 6.11. The molecule has 10 heteroatoms. The summed E-state index contributed by atoms with van der Waals surface area (Å²) in [6, 6.07) is 15.2. The zero-order chi connectivity index (χ0) is 27.1. The topological polar surface area (TPSA) is 70.0 Å². The molecule has 0 N–H and O–H groups in total. The molecule has 38 heavy (non-hydrogen) atoms. The Hall–Kier alpha value is -4.34. The van der Waals surface area contributed by atoms with Crippen molar-refractivity contribution in [2.75, 3.05) is 14.2 Å². The van der Waals surface area contributed by atoms with Crippen LogP contribution in [-0.4, -0.2) is 43.0 Å². The average Bonchev–Trinajstić information content (AvgIpc) is 3.46. The van der Waals surface area contributed by atoms with Crippen LogP contribution in [-0.2, 0) is 30.1 Å². The summed E-state index contributed by atoms with van der Waals surface area (Å²) in [7, 11) is 9.17. The standard InChI is InChI=1S/C28H35BN6O3/c1-6-7-15-34-18-16-32(2)27(34)25(36-4)30-21-11-13-23(14-12-21)38-24-10-8-9-22(20-24)31-26(37-5)28-33(3)17-19-35(28)29/h8-14,16-20H,6-7,15,29H2,1-5H3/q+2/b30-25-,31-26-. The van der Waals surface area contributed by atoms with Crippen molar-refractivity contribution in [2.24, 2.45) is 24.1 Å². The molecule has 2 aromatic heterocycles. The Balaban J connectivity index is 1.52. The summed E-state index contributed by atoms with van der Waals surface area (Å²) in [6.45, 7) is 3.10. The van der Waals surface area contributed by atoms with E-state index in [1.165, 1.54) is 0 Å². The molecule has 0 aliphatic rings. The van der Waals surface area contributed by atoms with E-state index in [1.54, 1.807) is 14.2 Å². The van der Waals surface area contributed by atoms with Gasteiger partial charge in [-0.25, -0.2) is 23.7 Å². The summed E-state index contributed by atoms with van der Waals surface area (Å²) in [4.78, 5) is 9.45. The number of unbranched alkanes of at least 4 members (excludes halogenated alkanes) is 1. The van der Waals surface area contributed by atoms with Crippen LogP contribution in [0.15, 0.2) is 83.3 Å². The molecule has 0 fully saturated rings. The minimum Gasteiger partial charge on any atom is -0.475 e. The van der Waals surface area contributed by atoms with Gasteiger partial charge < -0.3 is 14.2 Å². The molecule has 0 saturated carbocycles. The van der Waals surface area contributed by atoms with Crippen LogP contribution in [0, 0.1) is 0 Å². The van der Waals surface area contributed by atoms with E-state index in [1.807, 2.05) is 103 Å². The molecule has 4 aromatic rings. The third kappa shape index (κ3) is 6.14. The van der Waals surface area contributed by atoms with Crippen LogP contribution in [0.4, 0.5) is 11.4 Å². The Morgan fingerprint density at radius 3 is 2.16 bits per heavy atom. The molecular weight excluding hydrogens is 479 g/mol. The van der Waals surface area contributed by atoms with Gasteiger partial charge in [-0.3, -0.25) is 4.48 Å². The van der Waals surface area contributed by atoms with Gasteiger partial charge in [0.2, 0.25) is 0 Å². The highest BCUT2D eigenvalue weighted by atomic mass is 16.5. The lowest BCUT2D eigenvalue weighted by Gasteiger charge is -2.08. The number of nitrogens with zero attached hydrogens (tertiary/aromatic N) is 6. The van der Waals surface area contributed by atoms with Gasteiger partial charge in [0.1, 0.15) is 36.3 Å². The van der Waals surface area contributed by atoms with Gasteiger partial charge in [-0.1, -0.05) is 19.4 Å². The number of rotatable bonds is 9. The van der Waals surface area contributed by atoms with Gasteiger partial charge in [-0.05, 0) is 42.8 Å². The van der Waals surface area contributed by atoms with Crippen molar-refractivity contribution in [2.45, 2.75) is 26.3 Å². The molecule has 196 valence electrons. The van der Waals surface area contributed by atoms with Gasteiger partial charge in [-0.15, -0.1) is 0 Å². The van der Waals surface area contributed by atoms with Crippen LogP contribution in [0.25, 0.3) is 0 Å². The number of aryl methyl sites for hydroxylation is 3. The van der Waals surface area contributed by atoms with Crippen molar-refractivity contribution in [3.8, 4) is 11.5 Å². The van der Waals surface area contributed by atoms with Crippen molar-refractivity contribution in [3.05, 3.63) is 85.0 Å². The second-order valence-corrected chi connectivity index (χ2v) is 8.96. The number of aromatic nitrogens is 4. The SMILES string of the molecule is Bn1cc[n+](C)c1/C(=N/c1cccc(Oc2ccc(/N=C(\OC)c3n(CCCC)cc[n+]3C)cc2)c1)OC. The van der Waals surface area contributed by atoms with Gasteiger partial charge in [-0.2, -0.15) is 0 Å². The van der Waals surface area contributed by atoms with Crippen molar-refractivity contribution in [1.29, 1.82) is 0 Å². The van der Waals surface area contributed by atoms with E-state index in [9.17, 15) is 0 Å². The predicted octanol–water partition coefficient (Wildman–Crippen LogP) is 3.38. The van der Waals surface area contributed by atoms with Gasteiger partial charge in [0.15, 0.2) is 0 Å². The van der Waals surface area contributed by atoms with Crippen molar-refractivity contribution in [3.63, 3.8) is 0 Å². The average molecular weight is 514 g/mol. The van der Waals surface area contributed by atoms with Gasteiger partial charge in [0.25, 0.3) is 0 Å². The van der Waals surface area contributed by atoms with E-state index in [-0.39, 0.29) is 0 Å². The van der Waals surface area contributed by atoms with Crippen LogP contribution >= 0.6 is 0 Å². The third-order valence-electron chi connectivity index (χ3n) is 6.13. The Labute approximate surface area is 224 Å². The van der Waals surface area contributed by atoms with E-state index in [0.717, 1.165) is 42.4 Å². The molecule has 0 unspecified atom stereocenters. The monoisotopic (exact) mass is 514 g/mol. The van der Waals surface area contributed by atoms with Crippen molar-refractivity contribution >= 4 is 31.2 Å². The number of ether oxygens (including phenoxy) is 3. The smallest absolute Gasteiger partial charge is 0.345 e. The first-order chi connectivity index (χ1) is 18.4. The highest BCUT2D eigenvalue weighted by Crippen LogP contribution is 2.27. The molecule has 0 amide bonds. The highest BCUT2D eigenvalue weighted by molar-refractivity contribution is 6.09. The van der Waals surface area contributed by atoms with E-state index in [2.05, 4.69) is 17.7 Å². The highest BCUT2D eigenvalue weighted by Gasteiger charge is 2.22. The fraction of sp³-hybridized carbons (Fsp3) is 0.286. The largest absolute Gasteiger partial charge is 0.475 e. The second kappa shape index (κ2) is 12.3. The predicted molar refractivity (Wildman–Crippen MR) is 149 cm³/mol. The maximum absolute atomic E-state index is 6.11. The summed E-state index contributed by atoms with van der Waals surface area (Å²) in [5.74, 6) is 4.24. The third-order valence-corrected chi connectivity index (χ3v) is 6.13. The van der Waals surface area contributed by atoms with Crippen molar-refractivity contribution in [1.82, 2.24) is 9.05 Å². The summed E-state index contributed by atoms with van der Waals surface area (Å²) in [6.07, 6.45) is 10.2. The van der Waals surface area contributed by atoms with E-state index in [0.29, 0.717) is 23.3 Å². The normalized spacial score (nSPS) is 12.0. The van der Waals surface area contributed by atoms with Gasteiger partial charge in [0, 0.05) is 6.07 Å². The molecule has 2 heterocycles. The Morgan fingerprint density at radius 2 is 1.50 bits per heavy atom. The van der Waals surface area contributed by atoms with Crippen LogP contribution < -0.4 is 13.9 Å². The zero-order valence-corrected chi connectivity index (χ0v) is 23.0. The molecule has 0 aliphatic carbocycles. The Bertz CT molecular complexity index is 1420. The van der Waals surface area contributed by atoms with Gasteiger partial charge >= 0.3 is 31.4 Å². The lowest BCUT2D eigenvalue weighted by Crippen LogP contribution is -2.36. The minimum atomic E-state index is 0.516. The summed E-state index contributed by atoms with van der Waals surface area (Å²) in [5, 5.41) is 0. The molecule has 0 spiro atoms. The summed E-state index contributed by atoms with van der Waals surface area (Å²) in [5.41, 5.74) is 1.50. The summed E-state index contributed by atoms with van der Waals surface area (Å²) >= 11 is 0. The summed E-state index contributed by atoms with van der Waals surface area (Å²) < 4.78 is 25.5. The molecular formula is C28H35BN6O3+2. The Kier molecular flexibility index (Phi) is 8.63. The lowest BCUT2D eigenvalue weighted by atomic mass is 10.3. The first-order valence-corrected chi connectivity index (χ1v) is 12.6. The maximum Gasteiger partial charge on any atom is 0.345 e. The first kappa shape index (κ1) is 26.7. The lowest BCUT2D eigenvalue weighted by molar-refractivity contribution is -0.672. The van der Waals surface area contributed by atoms with Crippen LogP contribution in [0.1, 0.15) is 31.4 Å². The minimum absolute atomic E-state index is 0.516. The molecule has 0 atom stereocenters. The molecule has 0 radical (unpaired) electrons. The number of methoxy groups -OCH3 is 2. The molecule has 4 rings (SSSR count). The number of hydrogen-bond donors (Lipinski definition) is 0. The number of aliphatic imine (C=N–C) groups is 2. The first-order valence-electron chi connectivity index (χ1n) is 12.6. The molecule has 0 aliphatic heterocycles. The van der Waals surface area contributed by atoms with E-state index in [4.69, 9.17) is 24.2 Å².